The van der Waals surface area contributed by atoms with Crippen molar-refractivity contribution in [3.05, 3.63) is 52.5 Å². The lowest BCUT2D eigenvalue weighted by molar-refractivity contribution is -0.243. The number of aliphatic hydroxyl groups is 2. The van der Waals surface area contributed by atoms with Crippen LogP contribution in [0.5, 0.6) is 0 Å². The van der Waals surface area contributed by atoms with Gasteiger partial charge in [0.25, 0.3) is 20.9 Å². The van der Waals surface area contributed by atoms with Crippen molar-refractivity contribution in [1.82, 2.24) is 0 Å². The second-order valence-electron chi connectivity index (χ2n) is 7.61. The Morgan fingerprint density at radius 3 is 1.50 bits per heavy atom. The number of para-hydroxylation sites is 1. The fourth-order valence-corrected chi connectivity index (χ4v) is 3.31. The number of benzene rings is 2. The molecule has 2 aromatic rings. The highest BCUT2D eigenvalue weighted by Crippen LogP contribution is 2.34. The van der Waals surface area contributed by atoms with E-state index in [4.69, 9.17) is 44.1 Å². The smallest absolute Gasteiger partial charge is 0.373 e. The van der Waals surface area contributed by atoms with Gasteiger partial charge in [0.2, 0.25) is 11.2 Å². The first-order chi connectivity index (χ1) is 16.9. The average Bonchev–Trinajstić information content (AvgIpc) is 2.74. The Hall–Kier alpha value is -2.30. The third-order valence-corrected chi connectivity index (χ3v) is 6.57. The fraction of sp³-hybridized carbons (Fsp3) is 0.300. The number of nitrogens with one attached hydrogen (secondary N) is 2. The molecule has 0 aliphatic heterocycles. The minimum absolute atomic E-state index is 0.00342. The van der Waals surface area contributed by atoms with Crippen molar-refractivity contribution in [3.63, 3.8) is 0 Å². The number of anilines is 2. The summed E-state index contributed by atoms with van der Waals surface area (Å²) in [6.07, 6.45) is -10.2. The zero-order valence-corrected chi connectivity index (χ0v) is 22.0. The number of amides is 2. The van der Waals surface area contributed by atoms with E-state index in [2.05, 4.69) is 0 Å². The van der Waals surface area contributed by atoms with Gasteiger partial charge in [0.15, 0.2) is 0 Å². The maximum Gasteiger partial charge on any atom is 0.426 e. The molecule has 0 fully saturated rings. The van der Waals surface area contributed by atoms with Gasteiger partial charge < -0.3 is 20.8 Å². The summed E-state index contributed by atoms with van der Waals surface area (Å²) in [5.74, 6) is -3.35. The van der Waals surface area contributed by atoms with E-state index >= 15 is 0 Å². The molecule has 2 amide bonds. The summed E-state index contributed by atoms with van der Waals surface area (Å²) in [6, 6.07) is 8.51. The molecule has 0 aromatic heterocycles. The van der Waals surface area contributed by atoms with E-state index in [9.17, 15) is 44.3 Å². The molecule has 38 heavy (non-hydrogen) atoms. The molecule has 0 aliphatic carbocycles. The minimum atomic E-state index is -5.19. The molecular weight excluding hydrogens is 617 g/mol. The number of halogens is 9. The predicted molar refractivity (Wildman–Crippen MR) is 127 cm³/mol. The Bertz CT molecular complexity index is 1300. The maximum absolute atomic E-state index is 12.5. The molecule has 18 heteroatoms. The van der Waals surface area contributed by atoms with E-state index in [-0.39, 0.29) is 28.3 Å². The van der Waals surface area contributed by atoms with Crippen LogP contribution in [0, 0.1) is 0 Å². The van der Waals surface area contributed by atoms with E-state index < -0.39 is 49.3 Å². The van der Waals surface area contributed by atoms with Gasteiger partial charge >= 0.3 is 12.4 Å². The Labute approximate surface area is 225 Å². The van der Waals surface area contributed by atoms with Crippen molar-refractivity contribution in [2.45, 2.75) is 42.3 Å². The summed E-state index contributed by atoms with van der Waals surface area (Å²) >= 11 is 11.3. The molecule has 0 bridgehead atoms. The lowest BCUT2D eigenvalue weighted by Crippen LogP contribution is -2.52. The quantitative estimate of drug-likeness (QED) is 0.267. The van der Waals surface area contributed by atoms with Crippen LogP contribution in [0.4, 0.5) is 37.7 Å². The molecule has 212 valence electrons. The minimum Gasteiger partial charge on any atom is -0.373 e. The summed E-state index contributed by atoms with van der Waals surface area (Å²) in [6.45, 7) is 0.646. The molecule has 2 rings (SSSR count). The molecule has 8 nitrogen and oxygen atoms in total. The van der Waals surface area contributed by atoms with Gasteiger partial charge in [-0.05, 0) is 44.2 Å². The highest BCUT2D eigenvalue weighted by atomic mass is 35.7. The number of carbonyl (C=O) groups is 2. The lowest BCUT2D eigenvalue weighted by Gasteiger charge is -2.25. The highest BCUT2D eigenvalue weighted by molar-refractivity contribution is 8.13. The largest absolute Gasteiger partial charge is 0.426 e. The van der Waals surface area contributed by atoms with Gasteiger partial charge in [0.05, 0.1) is 26.3 Å². The Balaban J connectivity index is 0.000000389. The molecular formula is C20H17Cl3F6N2O6S. The third kappa shape index (κ3) is 8.35. The lowest BCUT2D eigenvalue weighted by atomic mass is 10.1. The first-order valence-electron chi connectivity index (χ1n) is 9.62. The summed E-state index contributed by atoms with van der Waals surface area (Å²) in [5.41, 5.74) is -7.40. The van der Waals surface area contributed by atoms with E-state index in [0.29, 0.717) is 6.92 Å². The number of carbonyl (C=O) groups excluding carboxylic acids is 2. The Kier molecular flexibility index (Phi) is 10.5. The molecule has 0 radical (unpaired) electrons. The van der Waals surface area contributed by atoms with Crippen LogP contribution < -0.4 is 10.6 Å². The van der Waals surface area contributed by atoms with Crippen LogP contribution in [0.3, 0.4) is 0 Å². The zero-order chi connectivity index (χ0) is 29.9. The van der Waals surface area contributed by atoms with Gasteiger partial charge in [0, 0.05) is 10.7 Å². The van der Waals surface area contributed by atoms with Crippen LogP contribution >= 0.6 is 33.9 Å². The van der Waals surface area contributed by atoms with Gasteiger partial charge in [-0.3, -0.25) is 9.59 Å². The standard InChI is InChI=1S/C10H8Cl2F3NO4S.C10H9ClF3NO2/c1-9(18,10(13,14)15)8(17)16-7-3-2-5(4-6(7)11)21(12,19)20;1-9(17,10(12,13)14)8(16)15-7-5-3-2-4-6(7)11/h2-4,18H,1H3,(H,16,17);2-5,17H,1H3,(H,15,16)/t2*9-/m11/s1. The summed E-state index contributed by atoms with van der Waals surface area (Å²) < 4.78 is 96.5. The average molecular weight is 634 g/mol. The van der Waals surface area contributed by atoms with Crippen molar-refractivity contribution >= 4 is 66.1 Å². The van der Waals surface area contributed by atoms with E-state index in [1.54, 1.807) is 11.4 Å². The number of hydrogen-bond acceptors (Lipinski definition) is 6. The number of rotatable bonds is 5. The topological polar surface area (TPSA) is 133 Å². The van der Waals surface area contributed by atoms with Crippen LogP contribution in [0.2, 0.25) is 10.0 Å². The molecule has 0 aliphatic rings. The van der Waals surface area contributed by atoms with E-state index in [0.717, 1.165) is 18.2 Å². The van der Waals surface area contributed by atoms with Crippen molar-refractivity contribution < 1.29 is 54.6 Å². The predicted octanol–water partition coefficient (Wildman–Crippen LogP) is 5.11. The van der Waals surface area contributed by atoms with E-state index in [1.807, 2.05) is 5.32 Å². The Morgan fingerprint density at radius 1 is 0.763 bits per heavy atom. The van der Waals surface area contributed by atoms with Gasteiger partial charge in [-0.2, -0.15) is 26.3 Å². The first-order valence-corrected chi connectivity index (χ1v) is 12.7. The molecule has 0 spiro atoms. The van der Waals surface area contributed by atoms with Crippen LogP contribution in [0.1, 0.15) is 13.8 Å². The van der Waals surface area contributed by atoms with Gasteiger partial charge in [-0.15, -0.1) is 0 Å². The summed E-state index contributed by atoms with van der Waals surface area (Å²) in [5, 5.41) is 21.6. The molecule has 0 saturated carbocycles. The van der Waals surface area contributed by atoms with Crippen LogP contribution in [0.25, 0.3) is 0 Å². The second kappa shape index (κ2) is 11.8. The zero-order valence-electron chi connectivity index (χ0n) is 18.9. The highest BCUT2D eigenvalue weighted by Gasteiger charge is 2.56. The van der Waals surface area contributed by atoms with Crippen molar-refractivity contribution in [2.75, 3.05) is 10.6 Å². The number of alkyl halides is 6. The van der Waals surface area contributed by atoms with Crippen molar-refractivity contribution in [3.8, 4) is 0 Å². The van der Waals surface area contributed by atoms with Gasteiger partial charge in [-0.1, -0.05) is 35.3 Å². The molecule has 0 saturated heterocycles. The summed E-state index contributed by atoms with van der Waals surface area (Å²) in [4.78, 5) is 22.3. The molecule has 4 N–H and O–H groups in total. The van der Waals surface area contributed by atoms with E-state index in [1.165, 1.54) is 18.2 Å². The maximum atomic E-state index is 12.5. The second-order valence-corrected chi connectivity index (χ2v) is 11.0. The summed E-state index contributed by atoms with van der Waals surface area (Å²) in [7, 11) is 0.982. The number of hydrogen-bond donors (Lipinski definition) is 4. The molecule has 0 unspecified atom stereocenters. The Morgan fingerprint density at radius 2 is 1.16 bits per heavy atom. The fourth-order valence-electron chi connectivity index (χ4n) is 2.06. The van der Waals surface area contributed by atoms with Crippen molar-refractivity contribution in [2.24, 2.45) is 0 Å². The normalized spacial score (nSPS) is 15.3. The first kappa shape index (κ1) is 33.7. The SMILES string of the molecule is C[C@@](O)(C(=O)Nc1ccc(S(=O)(=O)Cl)cc1Cl)C(F)(F)F.C[C@@](O)(C(=O)Nc1ccccc1Cl)C(F)(F)F. The van der Waals surface area contributed by atoms with Crippen LogP contribution in [0.15, 0.2) is 47.4 Å². The van der Waals surface area contributed by atoms with Gasteiger partial charge in [-0.25, -0.2) is 8.42 Å². The van der Waals surface area contributed by atoms with Crippen LogP contribution in [-0.2, 0) is 18.6 Å². The molecule has 0 heterocycles. The monoisotopic (exact) mass is 632 g/mol. The van der Waals surface area contributed by atoms with Crippen LogP contribution in [-0.4, -0.2) is 54.0 Å². The third-order valence-electron chi connectivity index (χ3n) is 4.58. The van der Waals surface area contributed by atoms with Gasteiger partial charge in [0.1, 0.15) is 0 Å². The molecule has 2 atom stereocenters. The van der Waals surface area contributed by atoms with Crippen molar-refractivity contribution in [1.29, 1.82) is 0 Å². The molecule has 2 aromatic carbocycles.